The van der Waals surface area contributed by atoms with E-state index in [0.29, 0.717) is 19.4 Å². The van der Waals surface area contributed by atoms with E-state index in [0.717, 1.165) is 64.2 Å². The van der Waals surface area contributed by atoms with Crippen LogP contribution in [0.15, 0.2) is 36.5 Å². The van der Waals surface area contributed by atoms with Gasteiger partial charge >= 0.3 is 11.9 Å². The third-order valence-electron chi connectivity index (χ3n) is 11.2. The lowest BCUT2D eigenvalue weighted by atomic mass is 10.0. The second kappa shape index (κ2) is 49.5. The molecule has 0 heterocycles. The van der Waals surface area contributed by atoms with E-state index in [1.54, 1.807) is 0 Å². The predicted octanol–water partition coefficient (Wildman–Crippen LogP) is 17.0. The van der Waals surface area contributed by atoms with Gasteiger partial charge < -0.3 is 14.2 Å². The van der Waals surface area contributed by atoms with Gasteiger partial charge in [-0.1, -0.05) is 237 Å². The fraction of sp³-hybridized carbons (Fsp3) is 0.849. The number of hydrogen-bond donors (Lipinski definition) is 0. The van der Waals surface area contributed by atoms with E-state index in [-0.39, 0.29) is 25.2 Å². The molecule has 0 saturated heterocycles. The molecule has 0 rings (SSSR count). The Labute approximate surface area is 361 Å². The molecule has 0 bridgehead atoms. The maximum Gasteiger partial charge on any atom is 0.306 e. The molecule has 0 saturated carbocycles. The van der Waals surface area contributed by atoms with Crippen molar-refractivity contribution in [2.24, 2.45) is 0 Å². The van der Waals surface area contributed by atoms with Gasteiger partial charge in [-0.2, -0.15) is 0 Å². The van der Waals surface area contributed by atoms with Gasteiger partial charge in [0.15, 0.2) is 6.10 Å². The molecule has 0 aromatic rings. The lowest BCUT2D eigenvalue weighted by Gasteiger charge is -2.18. The number of allylic oxidation sites excluding steroid dienone is 6. The molecule has 0 amide bonds. The summed E-state index contributed by atoms with van der Waals surface area (Å²) < 4.78 is 17.3. The Kier molecular flexibility index (Phi) is 47.9. The summed E-state index contributed by atoms with van der Waals surface area (Å²) >= 11 is 0. The second-order valence-corrected chi connectivity index (χ2v) is 17.1. The number of carbonyl (C=O) groups excluding carboxylic acids is 2. The molecule has 5 nitrogen and oxygen atoms in total. The number of unbranched alkanes of at least 4 members (excludes halogenated alkanes) is 30. The smallest absolute Gasteiger partial charge is 0.306 e. The van der Waals surface area contributed by atoms with E-state index in [1.807, 2.05) is 0 Å². The Morgan fingerprint density at radius 3 is 1.24 bits per heavy atom. The fourth-order valence-corrected chi connectivity index (χ4v) is 7.41. The molecule has 0 radical (unpaired) electrons. The molecule has 1 atom stereocenters. The van der Waals surface area contributed by atoms with Gasteiger partial charge in [-0.05, 0) is 51.4 Å². The van der Waals surface area contributed by atoms with Crippen LogP contribution in [0.5, 0.6) is 0 Å². The third-order valence-corrected chi connectivity index (χ3v) is 11.2. The Morgan fingerprint density at radius 1 is 0.397 bits per heavy atom. The molecule has 0 aromatic heterocycles. The maximum atomic E-state index is 12.6. The van der Waals surface area contributed by atoms with Crippen molar-refractivity contribution in [1.82, 2.24) is 0 Å². The fourth-order valence-electron chi connectivity index (χ4n) is 7.41. The average molecular weight is 815 g/mol. The van der Waals surface area contributed by atoms with Crippen molar-refractivity contribution in [3.63, 3.8) is 0 Å². The number of rotatable bonds is 47. The first-order chi connectivity index (χ1) is 28.6. The van der Waals surface area contributed by atoms with Crippen molar-refractivity contribution >= 4 is 11.9 Å². The molecule has 0 aromatic carbocycles. The summed E-state index contributed by atoms with van der Waals surface area (Å²) in [7, 11) is 0. The summed E-state index contributed by atoms with van der Waals surface area (Å²) in [6.45, 7) is 7.67. The SMILES string of the molecule is CC/C=C\C/C=C\C/C=C\CCCCCCCCCCOCC(COC(=O)CCCCCCCCCCCCCCCCCCCCC)OC(=O)CCCCCCC. The number of esters is 2. The standard InChI is InChI=1S/C53H98O5/c1-4-7-10-13-15-17-19-21-23-25-27-28-30-32-34-36-38-41-43-46-52(54)57-50-51(58-53(55)47-44-40-12-9-6-3)49-56-48-45-42-39-37-35-33-31-29-26-24-22-20-18-16-14-11-8-5-2/h8,11,16,18,22,24,51H,4-7,9-10,12-15,17,19-21,23,25-50H2,1-3H3/b11-8-,18-16-,24-22-. The van der Waals surface area contributed by atoms with Crippen LogP contribution in [0.25, 0.3) is 0 Å². The summed E-state index contributed by atoms with van der Waals surface area (Å²) in [6.07, 6.45) is 59.0. The molecule has 0 fully saturated rings. The first-order valence-electron chi connectivity index (χ1n) is 25.5. The van der Waals surface area contributed by atoms with E-state index >= 15 is 0 Å². The van der Waals surface area contributed by atoms with Gasteiger partial charge in [-0.25, -0.2) is 0 Å². The van der Waals surface area contributed by atoms with Gasteiger partial charge in [0.05, 0.1) is 6.61 Å². The van der Waals surface area contributed by atoms with E-state index in [4.69, 9.17) is 14.2 Å². The predicted molar refractivity (Wildman–Crippen MR) is 252 cm³/mol. The van der Waals surface area contributed by atoms with Crippen molar-refractivity contribution in [2.45, 2.75) is 271 Å². The molecule has 340 valence electrons. The Bertz CT molecular complexity index is 924. The zero-order valence-corrected chi connectivity index (χ0v) is 39.1. The minimum absolute atomic E-state index is 0.0866. The van der Waals surface area contributed by atoms with Crippen molar-refractivity contribution in [3.8, 4) is 0 Å². The molecule has 0 aliphatic heterocycles. The maximum absolute atomic E-state index is 12.6. The highest BCUT2D eigenvalue weighted by Gasteiger charge is 2.17. The summed E-state index contributed by atoms with van der Waals surface area (Å²) in [5, 5.41) is 0. The van der Waals surface area contributed by atoms with Gasteiger partial charge in [-0.3, -0.25) is 9.59 Å². The van der Waals surface area contributed by atoms with E-state index < -0.39 is 6.10 Å². The Morgan fingerprint density at radius 2 is 0.776 bits per heavy atom. The van der Waals surface area contributed by atoms with Gasteiger partial charge in [0.2, 0.25) is 0 Å². The van der Waals surface area contributed by atoms with Crippen molar-refractivity contribution in [3.05, 3.63) is 36.5 Å². The van der Waals surface area contributed by atoms with Crippen LogP contribution in [0.3, 0.4) is 0 Å². The summed E-state index contributed by atoms with van der Waals surface area (Å²) in [5.41, 5.74) is 0. The first kappa shape index (κ1) is 56.1. The molecule has 0 spiro atoms. The van der Waals surface area contributed by atoms with Crippen LogP contribution in [0.1, 0.15) is 265 Å². The number of carbonyl (C=O) groups is 2. The van der Waals surface area contributed by atoms with Crippen LogP contribution >= 0.6 is 0 Å². The Hall–Kier alpha value is -1.88. The quantitative estimate of drug-likeness (QED) is 0.0348. The minimum Gasteiger partial charge on any atom is -0.462 e. The molecule has 0 aliphatic rings. The zero-order chi connectivity index (χ0) is 42.1. The molecule has 0 N–H and O–H groups in total. The van der Waals surface area contributed by atoms with Crippen molar-refractivity contribution in [2.75, 3.05) is 19.8 Å². The van der Waals surface area contributed by atoms with Crippen LogP contribution < -0.4 is 0 Å². The van der Waals surface area contributed by atoms with Crippen LogP contribution in [0, 0.1) is 0 Å². The van der Waals surface area contributed by atoms with Gasteiger partial charge in [-0.15, -0.1) is 0 Å². The normalized spacial score (nSPS) is 12.4. The highest BCUT2D eigenvalue weighted by molar-refractivity contribution is 5.70. The lowest BCUT2D eigenvalue weighted by Crippen LogP contribution is -2.30. The van der Waals surface area contributed by atoms with Gasteiger partial charge in [0.1, 0.15) is 6.61 Å². The van der Waals surface area contributed by atoms with Crippen LogP contribution in [-0.2, 0) is 23.8 Å². The zero-order valence-electron chi connectivity index (χ0n) is 39.1. The van der Waals surface area contributed by atoms with E-state index in [9.17, 15) is 9.59 Å². The minimum atomic E-state index is -0.531. The van der Waals surface area contributed by atoms with E-state index in [1.165, 1.54) is 167 Å². The molecule has 0 aliphatic carbocycles. The second-order valence-electron chi connectivity index (χ2n) is 17.1. The first-order valence-corrected chi connectivity index (χ1v) is 25.5. The largest absolute Gasteiger partial charge is 0.462 e. The molecular weight excluding hydrogens is 717 g/mol. The van der Waals surface area contributed by atoms with E-state index in [2.05, 4.69) is 57.2 Å². The summed E-state index contributed by atoms with van der Waals surface area (Å²) in [6, 6.07) is 0. The van der Waals surface area contributed by atoms with Crippen LogP contribution in [-0.4, -0.2) is 37.9 Å². The van der Waals surface area contributed by atoms with Crippen molar-refractivity contribution in [1.29, 1.82) is 0 Å². The molecule has 5 heteroatoms. The number of ether oxygens (including phenoxy) is 3. The molecular formula is C53H98O5. The van der Waals surface area contributed by atoms with Crippen LogP contribution in [0.4, 0.5) is 0 Å². The highest BCUT2D eigenvalue weighted by atomic mass is 16.6. The molecule has 58 heavy (non-hydrogen) atoms. The highest BCUT2D eigenvalue weighted by Crippen LogP contribution is 2.16. The van der Waals surface area contributed by atoms with Crippen LogP contribution in [0.2, 0.25) is 0 Å². The Balaban J connectivity index is 3.97. The average Bonchev–Trinajstić information content (AvgIpc) is 3.22. The number of hydrogen-bond acceptors (Lipinski definition) is 5. The summed E-state index contributed by atoms with van der Waals surface area (Å²) in [4.78, 5) is 25.1. The van der Waals surface area contributed by atoms with Crippen molar-refractivity contribution < 1.29 is 23.8 Å². The lowest BCUT2D eigenvalue weighted by molar-refractivity contribution is -0.163. The topological polar surface area (TPSA) is 61.8 Å². The summed E-state index contributed by atoms with van der Waals surface area (Å²) in [5.74, 6) is -0.401. The molecule has 1 unspecified atom stereocenters. The van der Waals surface area contributed by atoms with Gasteiger partial charge in [0, 0.05) is 19.4 Å². The van der Waals surface area contributed by atoms with Gasteiger partial charge in [0.25, 0.3) is 0 Å². The monoisotopic (exact) mass is 815 g/mol. The third kappa shape index (κ3) is 46.8.